The van der Waals surface area contributed by atoms with Crippen molar-refractivity contribution in [1.82, 2.24) is 29.5 Å². The molecule has 10 nitrogen and oxygen atoms in total. The topological polar surface area (TPSA) is 102 Å². The first-order valence-corrected chi connectivity index (χ1v) is 15.7. The van der Waals surface area contributed by atoms with Gasteiger partial charge in [0.2, 0.25) is 11.8 Å². The minimum Gasteiger partial charge on any atom is -0.281 e. The molecule has 0 bridgehead atoms. The van der Waals surface area contributed by atoms with Gasteiger partial charge < -0.3 is 0 Å². The van der Waals surface area contributed by atoms with E-state index in [4.69, 9.17) is 23.2 Å². The maximum Gasteiger partial charge on any atom is 0.242 e. The second kappa shape index (κ2) is 12.1. The largest absolute Gasteiger partial charge is 0.281 e. The van der Waals surface area contributed by atoms with Gasteiger partial charge in [0.25, 0.3) is 0 Å². The lowest BCUT2D eigenvalue weighted by Crippen LogP contribution is -2.29. The molecule has 1 atom stereocenters. The van der Waals surface area contributed by atoms with Crippen molar-refractivity contribution in [2.24, 2.45) is 0 Å². The van der Waals surface area contributed by atoms with E-state index >= 15 is 0 Å². The van der Waals surface area contributed by atoms with Gasteiger partial charge in [0, 0.05) is 21.4 Å². The molecule has 6 aromatic rings. The molecular formula is C35H28Cl2N8O2. The van der Waals surface area contributed by atoms with Gasteiger partial charge in [-0.3, -0.25) is 28.5 Å². The van der Waals surface area contributed by atoms with Crippen LogP contribution in [-0.2, 0) is 16.0 Å². The second-order valence-electron chi connectivity index (χ2n) is 11.2. The van der Waals surface area contributed by atoms with E-state index < -0.39 is 5.92 Å². The van der Waals surface area contributed by atoms with Crippen molar-refractivity contribution in [3.63, 3.8) is 0 Å². The van der Waals surface area contributed by atoms with Crippen LogP contribution in [0.3, 0.4) is 0 Å². The zero-order valence-electron chi connectivity index (χ0n) is 25.7. The molecule has 4 heterocycles. The van der Waals surface area contributed by atoms with Gasteiger partial charge in [-0.05, 0) is 93.6 Å². The highest BCUT2D eigenvalue weighted by atomic mass is 35.5. The Morgan fingerprint density at radius 2 is 1.06 bits per heavy atom. The first-order chi connectivity index (χ1) is 22.7. The Morgan fingerprint density at radius 1 is 0.596 bits per heavy atom. The number of rotatable bonds is 2. The third-order valence-electron chi connectivity index (χ3n) is 8.18. The van der Waals surface area contributed by atoms with Crippen LogP contribution in [0.2, 0.25) is 10.0 Å². The number of carbonyl (C=O) groups excluding carboxylic acids is 2. The molecule has 0 saturated carbocycles. The number of fused-ring (bicyclic) bond motifs is 6. The lowest BCUT2D eigenvalue weighted by atomic mass is 10.1. The van der Waals surface area contributed by atoms with Crippen molar-refractivity contribution >= 4 is 57.8 Å². The molecule has 0 aliphatic carbocycles. The summed E-state index contributed by atoms with van der Waals surface area (Å²) in [7, 11) is 0. The smallest absolute Gasteiger partial charge is 0.242 e. The number of benzene rings is 4. The lowest BCUT2D eigenvalue weighted by Gasteiger charge is -2.24. The number of hydrogen-bond donors (Lipinski definition) is 0. The van der Waals surface area contributed by atoms with E-state index in [-0.39, 0.29) is 18.2 Å². The molecule has 4 aromatic carbocycles. The lowest BCUT2D eigenvalue weighted by molar-refractivity contribution is -0.119. The van der Waals surface area contributed by atoms with Gasteiger partial charge in [0.1, 0.15) is 23.3 Å². The minimum absolute atomic E-state index is 0.0454. The molecule has 0 fully saturated rings. The number of aromatic nitrogens is 6. The zero-order valence-corrected chi connectivity index (χ0v) is 27.2. The van der Waals surface area contributed by atoms with Crippen LogP contribution in [0, 0.1) is 13.8 Å². The van der Waals surface area contributed by atoms with Gasteiger partial charge in [-0.25, -0.2) is 0 Å². The van der Waals surface area contributed by atoms with Crippen molar-refractivity contribution in [2.75, 3.05) is 9.80 Å². The van der Waals surface area contributed by atoms with Crippen molar-refractivity contribution in [1.29, 1.82) is 0 Å². The summed E-state index contributed by atoms with van der Waals surface area (Å²) in [6.07, 6.45) is 0.193. The zero-order chi connectivity index (χ0) is 32.8. The molecule has 0 radical (unpaired) electrons. The standard InChI is InChI=1S/C18H15ClN4O.C17H13ClN4O/c1-11-17-21-20-12(2)22(17)15-5-3-4-6-16(15)23(18(11)24)14-9-7-13(19)8-10-14;1-11-19-20-16-10-17(23)22(13-8-6-12(18)7-9-13)15-5-3-2-4-14(15)21(11)16/h3-11H,1-2H3;2-9H,10H2,1H3. The normalized spacial score (nSPS) is 15.0. The Bertz CT molecular complexity index is 2140. The third kappa shape index (κ3) is 5.35. The number of aryl methyl sites for hydroxylation is 2. The Balaban J connectivity index is 0.000000150. The first-order valence-electron chi connectivity index (χ1n) is 14.9. The minimum atomic E-state index is -0.408. The Kier molecular flexibility index (Phi) is 7.83. The summed E-state index contributed by atoms with van der Waals surface area (Å²) >= 11 is 12.0. The molecule has 47 heavy (non-hydrogen) atoms. The van der Waals surface area contributed by atoms with Crippen LogP contribution in [-0.4, -0.2) is 41.3 Å². The molecule has 0 saturated heterocycles. The molecule has 0 N–H and O–H groups in total. The molecule has 234 valence electrons. The highest BCUT2D eigenvalue weighted by Crippen LogP contribution is 2.39. The van der Waals surface area contributed by atoms with E-state index in [1.807, 2.05) is 103 Å². The fourth-order valence-corrected chi connectivity index (χ4v) is 6.23. The van der Waals surface area contributed by atoms with Crippen LogP contribution in [0.1, 0.15) is 36.1 Å². The van der Waals surface area contributed by atoms with Gasteiger partial charge >= 0.3 is 0 Å². The SMILES string of the molecule is Cc1nnc2n1-c1ccccc1N(c1ccc(Cl)cc1)C(=O)C2.Cc1nnc2n1-c1ccccc1N(c1ccc(Cl)cc1)C(=O)C2C. The summed E-state index contributed by atoms with van der Waals surface area (Å²) < 4.78 is 3.89. The number of amides is 2. The van der Waals surface area contributed by atoms with E-state index in [1.165, 1.54) is 0 Å². The van der Waals surface area contributed by atoms with Crippen molar-refractivity contribution in [2.45, 2.75) is 33.1 Å². The highest BCUT2D eigenvalue weighted by Gasteiger charge is 2.35. The Hall–Kier alpha value is -5.32. The summed E-state index contributed by atoms with van der Waals surface area (Å²) in [6, 6.07) is 30.1. The van der Waals surface area contributed by atoms with Crippen LogP contribution in [0.25, 0.3) is 11.4 Å². The first kappa shape index (κ1) is 30.3. The third-order valence-corrected chi connectivity index (χ3v) is 8.68. The van der Waals surface area contributed by atoms with Gasteiger partial charge in [-0.2, -0.15) is 0 Å². The number of hydrogen-bond acceptors (Lipinski definition) is 6. The van der Waals surface area contributed by atoms with Gasteiger partial charge in [-0.1, -0.05) is 47.5 Å². The van der Waals surface area contributed by atoms with Crippen LogP contribution >= 0.6 is 23.2 Å². The predicted octanol–water partition coefficient (Wildman–Crippen LogP) is 7.46. The van der Waals surface area contributed by atoms with Crippen LogP contribution in [0.5, 0.6) is 0 Å². The quantitative estimate of drug-likeness (QED) is 0.191. The number of halogens is 2. The predicted molar refractivity (Wildman–Crippen MR) is 182 cm³/mol. The second-order valence-corrected chi connectivity index (χ2v) is 12.0. The highest BCUT2D eigenvalue weighted by molar-refractivity contribution is 6.31. The molecule has 1 unspecified atom stereocenters. The van der Waals surface area contributed by atoms with Crippen molar-refractivity contribution < 1.29 is 9.59 Å². The molecule has 12 heteroatoms. The summed E-state index contributed by atoms with van der Waals surface area (Å²) in [4.78, 5) is 29.5. The van der Waals surface area contributed by atoms with E-state index in [2.05, 4.69) is 20.4 Å². The number of nitrogens with zero attached hydrogens (tertiary/aromatic N) is 8. The van der Waals surface area contributed by atoms with Crippen LogP contribution in [0.15, 0.2) is 97.1 Å². The van der Waals surface area contributed by atoms with Crippen molar-refractivity contribution in [3.05, 3.63) is 130 Å². The molecule has 2 amide bonds. The van der Waals surface area contributed by atoms with E-state index in [1.54, 1.807) is 34.1 Å². The number of carbonyl (C=O) groups is 2. The van der Waals surface area contributed by atoms with Crippen LogP contribution in [0.4, 0.5) is 22.7 Å². The molecule has 2 aromatic heterocycles. The van der Waals surface area contributed by atoms with Crippen LogP contribution < -0.4 is 9.80 Å². The molecule has 2 aliphatic heterocycles. The summed E-state index contributed by atoms with van der Waals surface area (Å²) in [5.74, 6) is 2.32. The Morgan fingerprint density at radius 3 is 1.66 bits per heavy atom. The fraction of sp³-hybridized carbons (Fsp3) is 0.143. The average Bonchev–Trinajstić information content (AvgIpc) is 3.58. The fourth-order valence-electron chi connectivity index (χ4n) is 5.98. The molecule has 0 spiro atoms. The number of anilines is 4. The molecule has 8 rings (SSSR count). The summed E-state index contributed by atoms with van der Waals surface area (Å²) in [6.45, 7) is 5.63. The van der Waals surface area contributed by atoms with E-state index in [0.717, 1.165) is 45.8 Å². The average molecular weight is 664 g/mol. The van der Waals surface area contributed by atoms with Gasteiger partial charge in [0.15, 0.2) is 0 Å². The summed E-state index contributed by atoms with van der Waals surface area (Å²) in [5.41, 5.74) is 4.96. The van der Waals surface area contributed by atoms with Gasteiger partial charge in [0.05, 0.1) is 35.1 Å². The summed E-state index contributed by atoms with van der Waals surface area (Å²) in [5, 5.41) is 17.9. The molecular weight excluding hydrogens is 635 g/mol. The van der Waals surface area contributed by atoms with Gasteiger partial charge in [-0.15, -0.1) is 20.4 Å². The molecule has 2 aliphatic rings. The van der Waals surface area contributed by atoms with E-state index in [9.17, 15) is 9.59 Å². The maximum absolute atomic E-state index is 13.2. The Labute approximate surface area is 280 Å². The van der Waals surface area contributed by atoms with E-state index in [0.29, 0.717) is 21.7 Å². The maximum atomic E-state index is 13.2. The number of para-hydroxylation sites is 4. The van der Waals surface area contributed by atoms with Crippen molar-refractivity contribution in [3.8, 4) is 11.4 Å². The monoisotopic (exact) mass is 662 g/mol.